The van der Waals surface area contributed by atoms with Gasteiger partial charge in [-0.05, 0) is 30.3 Å². The molecule has 3 aromatic rings. The number of rotatable bonds is 3. The van der Waals surface area contributed by atoms with Gasteiger partial charge in [0.05, 0.1) is 10.5 Å². The van der Waals surface area contributed by atoms with Crippen molar-refractivity contribution < 1.29 is 0 Å². The van der Waals surface area contributed by atoms with Crippen LogP contribution in [-0.4, -0.2) is 4.98 Å². The van der Waals surface area contributed by atoms with Crippen molar-refractivity contribution in [1.82, 2.24) is 4.98 Å². The molecule has 0 unspecified atom stereocenters. The van der Waals surface area contributed by atoms with Crippen LogP contribution in [0, 0.1) is 0 Å². The second kappa shape index (κ2) is 4.96. The first-order valence-electron chi connectivity index (χ1n) is 5.63. The molecule has 18 heavy (non-hydrogen) atoms. The summed E-state index contributed by atoms with van der Waals surface area (Å²) in [6.07, 6.45) is 1.81. The molecule has 1 N–H and O–H groups in total. The molecular formula is C14H11ClN2S. The Balaban J connectivity index is 1.78. The van der Waals surface area contributed by atoms with Gasteiger partial charge in [-0.15, -0.1) is 11.3 Å². The number of anilines is 1. The molecular weight excluding hydrogens is 264 g/mol. The van der Waals surface area contributed by atoms with Crippen LogP contribution in [-0.2, 0) is 6.54 Å². The highest BCUT2D eigenvalue weighted by molar-refractivity contribution is 7.10. The van der Waals surface area contributed by atoms with Gasteiger partial charge in [-0.2, -0.15) is 0 Å². The van der Waals surface area contributed by atoms with Crippen LogP contribution >= 0.6 is 22.9 Å². The number of hydrogen-bond donors (Lipinski definition) is 1. The molecule has 4 heteroatoms. The number of nitrogens with zero attached hydrogens (tertiary/aromatic N) is 1. The van der Waals surface area contributed by atoms with Gasteiger partial charge in [0.15, 0.2) is 0 Å². The Morgan fingerprint density at radius 1 is 1.22 bits per heavy atom. The van der Waals surface area contributed by atoms with Crippen LogP contribution in [0.15, 0.2) is 48.0 Å². The molecule has 2 heterocycles. The maximum atomic E-state index is 5.89. The van der Waals surface area contributed by atoms with Gasteiger partial charge in [0.25, 0.3) is 0 Å². The third-order valence-corrected chi connectivity index (χ3v) is 3.98. The predicted octanol–water partition coefficient (Wildman–Crippen LogP) is 4.56. The van der Waals surface area contributed by atoms with E-state index < -0.39 is 0 Å². The maximum absolute atomic E-state index is 5.89. The lowest BCUT2D eigenvalue weighted by Crippen LogP contribution is -1.97. The Morgan fingerprint density at radius 2 is 2.17 bits per heavy atom. The van der Waals surface area contributed by atoms with E-state index >= 15 is 0 Å². The third kappa shape index (κ3) is 2.47. The van der Waals surface area contributed by atoms with E-state index in [2.05, 4.69) is 22.4 Å². The number of thiophene rings is 1. The molecule has 0 aliphatic carbocycles. The molecule has 0 fully saturated rings. The number of fused-ring (bicyclic) bond motifs is 1. The molecule has 0 aliphatic heterocycles. The van der Waals surface area contributed by atoms with Crippen molar-refractivity contribution in [1.29, 1.82) is 0 Å². The summed E-state index contributed by atoms with van der Waals surface area (Å²) in [5.74, 6) is 0. The third-order valence-electron chi connectivity index (χ3n) is 2.69. The first-order valence-corrected chi connectivity index (χ1v) is 6.88. The monoisotopic (exact) mass is 274 g/mol. The van der Waals surface area contributed by atoms with E-state index in [1.165, 1.54) is 4.88 Å². The van der Waals surface area contributed by atoms with Gasteiger partial charge in [-0.1, -0.05) is 17.7 Å². The lowest BCUT2D eigenvalue weighted by Gasteiger charge is -2.05. The summed E-state index contributed by atoms with van der Waals surface area (Å²) in [6.45, 7) is 0.795. The van der Waals surface area contributed by atoms with Gasteiger partial charge in [0, 0.05) is 34.1 Å². The first kappa shape index (κ1) is 11.5. The van der Waals surface area contributed by atoms with E-state index in [-0.39, 0.29) is 0 Å². The molecule has 0 aliphatic rings. The molecule has 0 saturated heterocycles. The Bertz CT molecular complexity index is 678. The van der Waals surface area contributed by atoms with E-state index in [1.54, 1.807) is 11.3 Å². The summed E-state index contributed by atoms with van der Waals surface area (Å²) in [7, 11) is 0. The van der Waals surface area contributed by atoms with E-state index in [0.717, 1.165) is 28.2 Å². The van der Waals surface area contributed by atoms with Gasteiger partial charge >= 0.3 is 0 Å². The van der Waals surface area contributed by atoms with Crippen molar-refractivity contribution in [2.24, 2.45) is 0 Å². The van der Waals surface area contributed by atoms with Crippen LogP contribution in [0.25, 0.3) is 10.9 Å². The predicted molar refractivity (Wildman–Crippen MR) is 78.4 cm³/mol. The molecule has 0 spiro atoms. The number of hydrogen-bond acceptors (Lipinski definition) is 3. The molecule has 90 valence electrons. The molecule has 3 rings (SSSR count). The zero-order valence-electron chi connectivity index (χ0n) is 9.56. The van der Waals surface area contributed by atoms with Gasteiger partial charge in [0.2, 0.25) is 0 Å². The zero-order valence-corrected chi connectivity index (χ0v) is 11.1. The topological polar surface area (TPSA) is 24.9 Å². The molecule has 0 saturated carbocycles. The summed E-state index contributed by atoms with van der Waals surface area (Å²) in [4.78, 5) is 5.53. The molecule has 0 radical (unpaired) electrons. The Hall–Kier alpha value is -1.58. The minimum Gasteiger partial charge on any atom is -0.380 e. The Kier molecular flexibility index (Phi) is 3.17. The normalized spacial score (nSPS) is 10.7. The van der Waals surface area contributed by atoms with E-state index in [1.807, 2.05) is 35.8 Å². The number of halogens is 1. The van der Waals surface area contributed by atoms with Gasteiger partial charge in [-0.3, -0.25) is 4.98 Å². The largest absolute Gasteiger partial charge is 0.380 e. The van der Waals surface area contributed by atoms with Crippen LogP contribution in [0.5, 0.6) is 0 Å². The van der Waals surface area contributed by atoms with Crippen LogP contribution < -0.4 is 5.32 Å². The molecule has 0 atom stereocenters. The van der Waals surface area contributed by atoms with Crippen LogP contribution in [0.4, 0.5) is 5.69 Å². The summed E-state index contributed by atoms with van der Waals surface area (Å²) in [5, 5.41) is 7.29. The molecule has 2 nitrogen and oxygen atoms in total. The molecule has 2 aromatic heterocycles. The summed E-state index contributed by atoms with van der Waals surface area (Å²) >= 11 is 7.56. The first-order chi connectivity index (χ1) is 8.81. The smallest absolute Gasteiger partial charge is 0.0703 e. The van der Waals surface area contributed by atoms with Crippen molar-refractivity contribution >= 4 is 39.5 Å². The SMILES string of the molecule is Clc1csc(CNc2ccc3ncccc3c2)c1. The van der Waals surface area contributed by atoms with Crippen LogP contribution in [0.2, 0.25) is 5.02 Å². The minimum atomic E-state index is 0.795. The van der Waals surface area contributed by atoms with E-state index in [9.17, 15) is 0 Å². The summed E-state index contributed by atoms with van der Waals surface area (Å²) in [6, 6.07) is 12.2. The second-order valence-electron chi connectivity index (χ2n) is 4.00. The van der Waals surface area contributed by atoms with Crippen molar-refractivity contribution in [2.45, 2.75) is 6.54 Å². The molecule has 1 aromatic carbocycles. The Morgan fingerprint density at radius 3 is 3.00 bits per heavy atom. The van der Waals surface area contributed by atoms with Crippen LogP contribution in [0.1, 0.15) is 4.88 Å². The number of pyridine rings is 1. The fraction of sp³-hybridized carbons (Fsp3) is 0.0714. The fourth-order valence-electron chi connectivity index (χ4n) is 1.82. The van der Waals surface area contributed by atoms with Gasteiger partial charge in [0.1, 0.15) is 0 Å². The lowest BCUT2D eigenvalue weighted by molar-refractivity contribution is 1.19. The second-order valence-corrected chi connectivity index (χ2v) is 5.43. The van der Waals surface area contributed by atoms with Gasteiger partial charge < -0.3 is 5.32 Å². The summed E-state index contributed by atoms with van der Waals surface area (Å²) < 4.78 is 0. The maximum Gasteiger partial charge on any atom is 0.0703 e. The average molecular weight is 275 g/mol. The van der Waals surface area contributed by atoms with Gasteiger partial charge in [-0.25, -0.2) is 0 Å². The minimum absolute atomic E-state index is 0.795. The number of aromatic nitrogens is 1. The lowest BCUT2D eigenvalue weighted by atomic mass is 10.2. The zero-order chi connectivity index (χ0) is 12.4. The molecule has 0 amide bonds. The fourth-order valence-corrected chi connectivity index (χ4v) is 2.83. The van der Waals surface area contributed by atoms with Crippen molar-refractivity contribution in [2.75, 3.05) is 5.32 Å². The molecule has 0 bridgehead atoms. The number of nitrogens with one attached hydrogen (secondary N) is 1. The van der Waals surface area contributed by atoms with Crippen molar-refractivity contribution in [3.8, 4) is 0 Å². The van der Waals surface area contributed by atoms with E-state index in [4.69, 9.17) is 11.6 Å². The highest BCUT2D eigenvalue weighted by Gasteiger charge is 1.99. The van der Waals surface area contributed by atoms with Crippen molar-refractivity contribution in [3.63, 3.8) is 0 Å². The van der Waals surface area contributed by atoms with E-state index in [0.29, 0.717) is 0 Å². The van der Waals surface area contributed by atoms with Crippen LogP contribution in [0.3, 0.4) is 0 Å². The average Bonchev–Trinajstić information content (AvgIpc) is 2.82. The Labute approximate surface area is 114 Å². The van der Waals surface area contributed by atoms with Crippen molar-refractivity contribution in [3.05, 3.63) is 57.9 Å². The highest BCUT2D eigenvalue weighted by Crippen LogP contribution is 2.21. The standard InChI is InChI=1S/C14H11ClN2S/c15-11-7-13(18-9-11)8-17-12-3-4-14-10(6-12)2-1-5-16-14/h1-7,9,17H,8H2. The quantitative estimate of drug-likeness (QED) is 0.757. The summed E-state index contributed by atoms with van der Waals surface area (Å²) in [5.41, 5.74) is 2.11. The highest BCUT2D eigenvalue weighted by atomic mass is 35.5. The number of benzene rings is 1.